The molecular formula is C16H16F3N3O6. The van der Waals surface area contributed by atoms with E-state index < -0.39 is 36.1 Å². The normalized spacial score (nSPS) is 19.6. The van der Waals surface area contributed by atoms with Crippen molar-refractivity contribution in [1.29, 1.82) is 0 Å². The van der Waals surface area contributed by atoms with Crippen LogP contribution < -0.4 is 9.80 Å². The maximum absolute atomic E-state index is 13.5. The van der Waals surface area contributed by atoms with Crippen molar-refractivity contribution in [3.8, 4) is 0 Å². The Morgan fingerprint density at radius 2 is 2.00 bits per heavy atom. The first-order chi connectivity index (χ1) is 13.1. The summed E-state index contributed by atoms with van der Waals surface area (Å²) in [6, 6.07) is 3.11. The van der Waals surface area contributed by atoms with Gasteiger partial charge in [0.15, 0.2) is 0 Å². The summed E-state index contributed by atoms with van der Waals surface area (Å²) in [4.78, 5) is 37.3. The lowest BCUT2D eigenvalue weighted by molar-refractivity contribution is -0.137. The first kappa shape index (κ1) is 19.6. The summed E-state index contributed by atoms with van der Waals surface area (Å²) in [7, 11) is 1.28. The Labute approximate surface area is 156 Å². The maximum atomic E-state index is 13.5. The Morgan fingerprint density at radius 1 is 1.29 bits per heavy atom. The van der Waals surface area contributed by atoms with Gasteiger partial charge in [0.2, 0.25) is 0 Å². The van der Waals surface area contributed by atoms with Crippen molar-refractivity contribution in [2.45, 2.75) is 12.3 Å². The van der Waals surface area contributed by atoms with E-state index in [1.807, 2.05) is 0 Å². The van der Waals surface area contributed by atoms with Crippen LogP contribution in [-0.4, -0.2) is 67.7 Å². The highest BCUT2D eigenvalue weighted by Gasteiger charge is 2.40. The molecule has 2 heterocycles. The highest BCUT2D eigenvalue weighted by Crippen LogP contribution is 2.40. The molecule has 0 unspecified atom stereocenters. The van der Waals surface area contributed by atoms with Crippen LogP contribution in [0.15, 0.2) is 18.2 Å². The molecule has 2 fully saturated rings. The Kier molecular flexibility index (Phi) is 4.96. The largest absolute Gasteiger partial charge is 0.465 e. The average molecular weight is 403 g/mol. The van der Waals surface area contributed by atoms with Gasteiger partial charge in [-0.3, -0.25) is 9.80 Å². The molecule has 1 aromatic carbocycles. The molecule has 2 saturated heterocycles. The third-order valence-corrected chi connectivity index (χ3v) is 4.33. The standard InChI is InChI=1S/C16H16F3N3O6/c1-20(13(23)24)7-10-8-22(15(26)28-10)9-2-3-12(11(6-9)16(17,18)19)21-4-5-27-14(21)25/h2-3,6,10H,4-5,7-8H2,1H3,(H,23,24)/t10-/m0/s1. The molecule has 12 heteroatoms. The molecule has 152 valence electrons. The van der Waals surface area contributed by atoms with E-state index in [2.05, 4.69) is 4.74 Å². The van der Waals surface area contributed by atoms with Crippen molar-refractivity contribution in [3.05, 3.63) is 23.8 Å². The number of carbonyl (C=O) groups is 3. The van der Waals surface area contributed by atoms with Crippen molar-refractivity contribution in [1.82, 2.24) is 4.90 Å². The van der Waals surface area contributed by atoms with E-state index in [1.54, 1.807) is 0 Å². The van der Waals surface area contributed by atoms with E-state index in [1.165, 1.54) is 13.1 Å². The Balaban J connectivity index is 1.87. The van der Waals surface area contributed by atoms with Gasteiger partial charge in [0, 0.05) is 12.7 Å². The minimum absolute atomic E-state index is 0.0172. The Morgan fingerprint density at radius 3 is 2.57 bits per heavy atom. The van der Waals surface area contributed by atoms with Crippen LogP contribution in [0.5, 0.6) is 0 Å². The van der Waals surface area contributed by atoms with Gasteiger partial charge in [-0.15, -0.1) is 0 Å². The molecule has 3 amide bonds. The number of likely N-dealkylation sites (N-methyl/N-ethyl adjacent to an activating group) is 1. The van der Waals surface area contributed by atoms with E-state index in [0.717, 1.165) is 26.8 Å². The number of anilines is 2. The first-order valence-corrected chi connectivity index (χ1v) is 8.15. The molecule has 9 nitrogen and oxygen atoms in total. The number of benzene rings is 1. The van der Waals surface area contributed by atoms with E-state index >= 15 is 0 Å². The second kappa shape index (κ2) is 7.09. The lowest BCUT2D eigenvalue weighted by Crippen LogP contribution is -2.35. The zero-order chi connectivity index (χ0) is 20.6. The van der Waals surface area contributed by atoms with E-state index in [9.17, 15) is 27.6 Å². The fourth-order valence-electron chi connectivity index (χ4n) is 2.98. The number of nitrogens with zero attached hydrogens (tertiary/aromatic N) is 3. The number of alkyl halides is 3. The molecule has 0 spiro atoms. The fourth-order valence-corrected chi connectivity index (χ4v) is 2.98. The van der Waals surface area contributed by atoms with Gasteiger partial charge in [0.05, 0.1) is 30.9 Å². The maximum Gasteiger partial charge on any atom is 0.418 e. The molecule has 0 aromatic heterocycles. The molecule has 1 atom stereocenters. The molecule has 0 radical (unpaired) electrons. The number of hydrogen-bond donors (Lipinski definition) is 1. The molecular weight excluding hydrogens is 387 g/mol. The minimum atomic E-state index is -4.78. The van der Waals surface area contributed by atoms with Crippen LogP contribution in [0.25, 0.3) is 0 Å². The Bertz CT molecular complexity index is 815. The molecule has 2 aliphatic rings. The van der Waals surface area contributed by atoms with Gasteiger partial charge in [0.1, 0.15) is 12.7 Å². The fraction of sp³-hybridized carbons (Fsp3) is 0.438. The summed E-state index contributed by atoms with van der Waals surface area (Å²) in [6.07, 6.45) is -8.59. The number of amides is 3. The minimum Gasteiger partial charge on any atom is -0.465 e. The van der Waals surface area contributed by atoms with E-state index in [0.29, 0.717) is 0 Å². The van der Waals surface area contributed by atoms with Crippen LogP contribution in [0.3, 0.4) is 0 Å². The van der Waals surface area contributed by atoms with Gasteiger partial charge in [-0.05, 0) is 18.2 Å². The van der Waals surface area contributed by atoms with Gasteiger partial charge >= 0.3 is 24.5 Å². The van der Waals surface area contributed by atoms with Crippen molar-refractivity contribution in [3.63, 3.8) is 0 Å². The summed E-state index contributed by atoms with van der Waals surface area (Å²) in [6.45, 7) is -0.272. The van der Waals surface area contributed by atoms with Gasteiger partial charge in [-0.1, -0.05) is 0 Å². The molecule has 0 bridgehead atoms. The summed E-state index contributed by atoms with van der Waals surface area (Å²) in [5.41, 5.74) is -1.54. The molecule has 3 rings (SSSR count). The zero-order valence-corrected chi connectivity index (χ0v) is 14.6. The molecule has 28 heavy (non-hydrogen) atoms. The van der Waals surface area contributed by atoms with E-state index in [-0.39, 0.29) is 37.6 Å². The number of hydrogen-bond acceptors (Lipinski definition) is 5. The van der Waals surface area contributed by atoms with Crippen LogP contribution >= 0.6 is 0 Å². The van der Waals surface area contributed by atoms with Crippen molar-refractivity contribution >= 4 is 29.7 Å². The quantitative estimate of drug-likeness (QED) is 0.830. The van der Waals surface area contributed by atoms with Crippen molar-refractivity contribution in [2.75, 3.05) is 43.1 Å². The highest BCUT2D eigenvalue weighted by atomic mass is 19.4. The predicted molar refractivity (Wildman–Crippen MR) is 88.4 cm³/mol. The van der Waals surface area contributed by atoms with Crippen LogP contribution in [0.4, 0.5) is 38.9 Å². The lowest BCUT2D eigenvalue weighted by atomic mass is 10.1. The third-order valence-electron chi connectivity index (χ3n) is 4.33. The van der Waals surface area contributed by atoms with Crippen molar-refractivity contribution in [2.24, 2.45) is 0 Å². The molecule has 0 saturated carbocycles. The number of carbonyl (C=O) groups excluding carboxylic acids is 2. The molecule has 1 aromatic rings. The SMILES string of the molecule is CN(C[C@H]1CN(c2ccc(N3CCOC3=O)c(C(F)(F)F)c2)C(=O)O1)C(=O)O. The lowest BCUT2D eigenvalue weighted by Gasteiger charge is -2.22. The summed E-state index contributed by atoms with van der Waals surface area (Å²) >= 11 is 0. The average Bonchev–Trinajstić information content (AvgIpc) is 3.19. The van der Waals surface area contributed by atoms with Crippen LogP contribution in [-0.2, 0) is 15.7 Å². The Hall–Kier alpha value is -3.18. The molecule has 2 aliphatic heterocycles. The summed E-state index contributed by atoms with van der Waals surface area (Å²) < 4.78 is 50.4. The van der Waals surface area contributed by atoms with Gasteiger partial charge < -0.3 is 19.5 Å². The monoisotopic (exact) mass is 403 g/mol. The second-order valence-electron chi connectivity index (χ2n) is 6.24. The van der Waals surface area contributed by atoms with Gasteiger partial charge in [-0.2, -0.15) is 13.2 Å². The number of cyclic esters (lactones) is 2. The van der Waals surface area contributed by atoms with Crippen LogP contribution in [0, 0.1) is 0 Å². The summed E-state index contributed by atoms with van der Waals surface area (Å²) in [5, 5.41) is 8.88. The smallest absolute Gasteiger partial charge is 0.418 e. The molecule has 1 N–H and O–H groups in total. The number of carboxylic acid groups (broad SMARTS) is 1. The van der Waals surface area contributed by atoms with E-state index in [4.69, 9.17) is 9.84 Å². The van der Waals surface area contributed by atoms with Crippen LogP contribution in [0.1, 0.15) is 5.56 Å². The zero-order valence-electron chi connectivity index (χ0n) is 14.6. The third kappa shape index (κ3) is 3.75. The number of halogens is 3. The number of rotatable bonds is 4. The highest BCUT2D eigenvalue weighted by molar-refractivity contribution is 5.93. The summed E-state index contributed by atoms with van der Waals surface area (Å²) in [5.74, 6) is 0. The second-order valence-corrected chi connectivity index (χ2v) is 6.24. The van der Waals surface area contributed by atoms with Gasteiger partial charge in [0.25, 0.3) is 0 Å². The first-order valence-electron chi connectivity index (χ1n) is 8.15. The van der Waals surface area contributed by atoms with Crippen LogP contribution in [0.2, 0.25) is 0 Å². The topological polar surface area (TPSA) is 99.6 Å². The van der Waals surface area contributed by atoms with Gasteiger partial charge in [-0.25, -0.2) is 14.4 Å². The predicted octanol–water partition coefficient (Wildman–Crippen LogP) is 2.60. The van der Waals surface area contributed by atoms with Crippen molar-refractivity contribution < 1.29 is 42.1 Å². The number of ether oxygens (including phenoxy) is 2. The molecule has 0 aliphatic carbocycles.